The molecule has 0 unspecified atom stereocenters. The van der Waals surface area contributed by atoms with Crippen LogP contribution in [-0.2, 0) is 16.1 Å². The van der Waals surface area contributed by atoms with Crippen LogP contribution in [0.3, 0.4) is 0 Å². The second-order valence-corrected chi connectivity index (χ2v) is 9.59. The van der Waals surface area contributed by atoms with E-state index < -0.39 is 6.04 Å². The van der Waals surface area contributed by atoms with E-state index in [1.165, 1.54) is 6.42 Å². The van der Waals surface area contributed by atoms with Crippen molar-refractivity contribution < 1.29 is 14.3 Å². The lowest BCUT2D eigenvalue weighted by atomic mass is 9.95. The molecule has 1 aliphatic carbocycles. The molecule has 1 saturated carbocycles. The third-order valence-corrected chi connectivity index (χ3v) is 6.53. The second kappa shape index (κ2) is 12.1. The summed E-state index contributed by atoms with van der Waals surface area (Å²) in [5.74, 6) is 0.634. The minimum absolute atomic E-state index is 0.119. The fourth-order valence-corrected chi connectivity index (χ4v) is 4.38. The van der Waals surface area contributed by atoms with Gasteiger partial charge < -0.3 is 15.0 Å². The van der Waals surface area contributed by atoms with Crippen LogP contribution < -0.4 is 10.1 Å². The Morgan fingerprint density at radius 1 is 1.03 bits per heavy atom. The fourth-order valence-electron chi connectivity index (χ4n) is 4.25. The quantitative estimate of drug-likeness (QED) is 0.510. The van der Waals surface area contributed by atoms with E-state index in [0.717, 1.165) is 36.8 Å². The molecule has 0 aromatic heterocycles. The van der Waals surface area contributed by atoms with Gasteiger partial charge in [-0.1, -0.05) is 75.0 Å². The summed E-state index contributed by atoms with van der Waals surface area (Å²) in [6, 6.07) is 14.7. The van der Waals surface area contributed by atoms with Crippen LogP contribution in [0.5, 0.6) is 5.75 Å². The van der Waals surface area contributed by atoms with Crippen molar-refractivity contribution in [3.05, 3.63) is 64.7 Å². The predicted molar refractivity (Wildman–Crippen MR) is 133 cm³/mol. The van der Waals surface area contributed by atoms with Gasteiger partial charge in [0.25, 0.3) is 5.91 Å². The summed E-state index contributed by atoms with van der Waals surface area (Å²) in [5.41, 5.74) is 1.96. The third kappa shape index (κ3) is 7.23. The first-order valence-corrected chi connectivity index (χ1v) is 12.3. The summed E-state index contributed by atoms with van der Waals surface area (Å²) < 4.78 is 5.93. The summed E-state index contributed by atoms with van der Waals surface area (Å²) in [4.78, 5) is 28.0. The molecule has 3 rings (SSSR count). The van der Waals surface area contributed by atoms with Gasteiger partial charge in [-0.3, -0.25) is 9.59 Å². The van der Waals surface area contributed by atoms with Gasteiger partial charge in [-0.05, 0) is 55.0 Å². The Kier molecular flexibility index (Phi) is 9.19. The number of carbonyl (C=O) groups excluding carboxylic acids is 2. The van der Waals surface area contributed by atoms with Crippen molar-refractivity contribution in [2.45, 2.75) is 77.4 Å². The Labute approximate surface area is 202 Å². The SMILES string of the molecule is CC(C)c1ccccc1OCC(=O)N(Cc1ccc(Cl)cc1)[C@@H](C)C(=O)NC1CCCCC1. The van der Waals surface area contributed by atoms with Gasteiger partial charge in [0, 0.05) is 17.6 Å². The average molecular weight is 471 g/mol. The molecule has 1 N–H and O–H groups in total. The Bertz CT molecular complexity index is 923. The number of ether oxygens (including phenoxy) is 1. The molecular weight excluding hydrogens is 436 g/mol. The molecule has 0 bridgehead atoms. The highest BCUT2D eigenvalue weighted by Crippen LogP contribution is 2.26. The molecule has 0 spiro atoms. The van der Waals surface area contributed by atoms with Crippen molar-refractivity contribution in [2.24, 2.45) is 0 Å². The zero-order valence-electron chi connectivity index (χ0n) is 19.9. The standard InChI is InChI=1S/C27H35ClN2O3/c1-19(2)24-11-7-8-12-25(24)33-18-26(31)30(17-21-13-15-22(28)16-14-21)20(3)27(32)29-23-9-5-4-6-10-23/h7-8,11-16,19-20,23H,4-6,9-10,17-18H2,1-3H3,(H,29,32)/t20-/m0/s1. The average Bonchev–Trinajstić information content (AvgIpc) is 2.82. The van der Waals surface area contributed by atoms with Crippen LogP contribution in [0.15, 0.2) is 48.5 Å². The maximum Gasteiger partial charge on any atom is 0.261 e. The third-order valence-electron chi connectivity index (χ3n) is 6.28. The first kappa shape index (κ1) is 25.1. The lowest BCUT2D eigenvalue weighted by Gasteiger charge is -2.31. The molecule has 2 aromatic carbocycles. The number of rotatable bonds is 9. The number of benzene rings is 2. The smallest absolute Gasteiger partial charge is 0.261 e. The maximum absolute atomic E-state index is 13.3. The molecule has 6 heteroatoms. The molecule has 1 aliphatic rings. The summed E-state index contributed by atoms with van der Waals surface area (Å²) in [6.07, 6.45) is 5.49. The minimum atomic E-state index is -0.612. The number of nitrogens with zero attached hydrogens (tertiary/aromatic N) is 1. The van der Waals surface area contributed by atoms with E-state index in [1.54, 1.807) is 24.0 Å². The Morgan fingerprint density at radius 3 is 2.36 bits per heavy atom. The van der Waals surface area contributed by atoms with E-state index in [2.05, 4.69) is 19.2 Å². The number of hydrogen-bond acceptors (Lipinski definition) is 3. The van der Waals surface area contributed by atoms with E-state index in [-0.39, 0.29) is 30.4 Å². The van der Waals surface area contributed by atoms with Crippen LogP contribution in [0.25, 0.3) is 0 Å². The van der Waals surface area contributed by atoms with Gasteiger partial charge >= 0.3 is 0 Å². The molecule has 5 nitrogen and oxygen atoms in total. The molecular formula is C27H35ClN2O3. The van der Waals surface area contributed by atoms with Gasteiger partial charge in [0.05, 0.1) is 0 Å². The Morgan fingerprint density at radius 2 is 1.70 bits per heavy atom. The van der Waals surface area contributed by atoms with E-state index >= 15 is 0 Å². The van der Waals surface area contributed by atoms with Crippen molar-refractivity contribution >= 4 is 23.4 Å². The number of amides is 2. The highest BCUT2D eigenvalue weighted by Gasteiger charge is 2.28. The molecule has 1 atom stereocenters. The lowest BCUT2D eigenvalue weighted by molar-refractivity contribution is -0.142. The maximum atomic E-state index is 13.3. The highest BCUT2D eigenvalue weighted by molar-refractivity contribution is 6.30. The summed E-state index contributed by atoms with van der Waals surface area (Å²) in [6.45, 7) is 6.15. The van der Waals surface area contributed by atoms with Crippen molar-refractivity contribution in [1.29, 1.82) is 0 Å². The van der Waals surface area contributed by atoms with Crippen LogP contribution >= 0.6 is 11.6 Å². The van der Waals surface area contributed by atoms with Crippen LogP contribution in [-0.4, -0.2) is 35.4 Å². The fraction of sp³-hybridized carbons (Fsp3) is 0.481. The second-order valence-electron chi connectivity index (χ2n) is 9.15. The van der Waals surface area contributed by atoms with Gasteiger partial charge in [-0.2, -0.15) is 0 Å². The predicted octanol–water partition coefficient (Wildman–Crippen LogP) is 5.71. The number of hydrogen-bond donors (Lipinski definition) is 1. The van der Waals surface area contributed by atoms with Crippen LogP contribution in [0, 0.1) is 0 Å². The van der Waals surface area contributed by atoms with E-state index in [9.17, 15) is 9.59 Å². The summed E-state index contributed by atoms with van der Waals surface area (Å²) in [7, 11) is 0. The zero-order chi connectivity index (χ0) is 23.8. The molecule has 0 aliphatic heterocycles. The van der Waals surface area contributed by atoms with Gasteiger partial charge in [-0.25, -0.2) is 0 Å². The lowest BCUT2D eigenvalue weighted by Crippen LogP contribution is -2.51. The summed E-state index contributed by atoms with van der Waals surface area (Å²) in [5, 5.41) is 3.78. The molecule has 1 fully saturated rings. The molecule has 33 heavy (non-hydrogen) atoms. The first-order valence-electron chi connectivity index (χ1n) is 11.9. The van der Waals surface area contributed by atoms with Crippen molar-refractivity contribution in [3.8, 4) is 5.75 Å². The first-order chi connectivity index (χ1) is 15.8. The monoisotopic (exact) mass is 470 g/mol. The van der Waals surface area contributed by atoms with E-state index in [0.29, 0.717) is 17.3 Å². The normalized spacial score (nSPS) is 15.2. The molecule has 0 radical (unpaired) electrons. The molecule has 0 heterocycles. The number of halogens is 1. The number of nitrogens with one attached hydrogen (secondary N) is 1. The Hall–Kier alpha value is -2.53. The topological polar surface area (TPSA) is 58.6 Å². The van der Waals surface area contributed by atoms with E-state index in [1.807, 2.05) is 36.4 Å². The van der Waals surface area contributed by atoms with Gasteiger partial charge in [-0.15, -0.1) is 0 Å². The van der Waals surface area contributed by atoms with Crippen LogP contribution in [0.1, 0.15) is 69.9 Å². The molecule has 2 aromatic rings. The summed E-state index contributed by atoms with van der Waals surface area (Å²) >= 11 is 6.03. The number of para-hydroxylation sites is 1. The van der Waals surface area contributed by atoms with Crippen LogP contribution in [0.4, 0.5) is 0 Å². The minimum Gasteiger partial charge on any atom is -0.483 e. The number of carbonyl (C=O) groups is 2. The van der Waals surface area contributed by atoms with Crippen LogP contribution in [0.2, 0.25) is 5.02 Å². The van der Waals surface area contributed by atoms with Crippen molar-refractivity contribution in [3.63, 3.8) is 0 Å². The molecule has 0 saturated heterocycles. The van der Waals surface area contributed by atoms with Gasteiger partial charge in [0.1, 0.15) is 11.8 Å². The van der Waals surface area contributed by atoms with Crippen molar-refractivity contribution in [1.82, 2.24) is 10.2 Å². The van der Waals surface area contributed by atoms with Crippen molar-refractivity contribution in [2.75, 3.05) is 6.61 Å². The largest absolute Gasteiger partial charge is 0.483 e. The van der Waals surface area contributed by atoms with Gasteiger partial charge in [0.15, 0.2) is 6.61 Å². The molecule has 2 amide bonds. The Balaban J connectivity index is 1.73. The van der Waals surface area contributed by atoms with Gasteiger partial charge in [0.2, 0.25) is 5.91 Å². The zero-order valence-corrected chi connectivity index (χ0v) is 20.6. The van der Waals surface area contributed by atoms with E-state index in [4.69, 9.17) is 16.3 Å². The highest BCUT2D eigenvalue weighted by atomic mass is 35.5. The molecule has 178 valence electrons.